The molecular weight excluding hydrogens is 250 g/mol. The van der Waals surface area contributed by atoms with Crippen LogP contribution in [-0.2, 0) is 16.0 Å². The zero-order chi connectivity index (χ0) is 13.9. The van der Waals surface area contributed by atoms with Gasteiger partial charge in [-0.25, -0.2) is 0 Å². The van der Waals surface area contributed by atoms with E-state index in [0.717, 1.165) is 23.2 Å². The summed E-state index contributed by atoms with van der Waals surface area (Å²) < 4.78 is 5.71. The van der Waals surface area contributed by atoms with Crippen molar-refractivity contribution in [3.05, 3.63) is 65.2 Å². The molecule has 3 rings (SSSR count). The van der Waals surface area contributed by atoms with Crippen LogP contribution < -0.4 is 5.32 Å². The zero-order valence-electron chi connectivity index (χ0n) is 11.4. The van der Waals surface area contributed by atoms with E-state index in [2.05, 4.69) is 11.4 Å². The molecule has 2 aromatic rings. The van der Waals surface area contributed by atoms with Crippen LogP contribution in [0.1, 0.15) is 22.8 Å². The minimum Gasteiger partial charge on any atom is -0.363 e. The third kappa shape index (κ3) is 2.45. The topological polar surface area (TPSA) is 38.3 Å². The maximum Gasteiger partial charge on any atom is 0.258 e. The Hall–Kier alpha value is -2.13. The number of hydrogen-bond donors (Lipinski definition) is 1. The number of ether oxygens (including phenoxy) is 1. The van der Waals surface area contributed by atoms with Crippen LogP contribution in [0.5, 0.6) is 0 Å². The van der Waals surface area contributed by atoms with Crippen molar-refractivity contribution in [2.45, 2.75) is 19.4 Å². The second-order valence-electron chi connectivity index (χ2n) is 5.00. The van der Waals surface area contributed by atoms with E-state index in [1.165, 1.54) is 5.56 Å². The van der Waals surface area contributed by atoms with Crippen molar-refractivity contribution in [3.8, 4) is 0 Å². The molecule has 0 aromatic heterocycles. The molecule has 1 aliphatic rings. The molecule has 1 heterocycles. The van der Waals surface area contributed by atoms with Crippen LogP contribution in [0.15, 0.2) is 48.5 Å². The molecule has 102 valence electrons. The average molecular weight is 267 g/mol. The van der Waals surface area contributed by atoms with Gasteiger partial charge in [-0.05, 0) is 42.2 Å². The first-order valence-corrected chi connectivity index (χ1v) is 6.81. The number of carbonyl (C=O) groups excluding carboxylic acids is 1. The highest BCUT2D eigenvalue weighted by Crippen LogP contribution is 2.30. The lowest BCUT2D eigenvalue weighted by Crippen LogP contribution is -2.29. The quantitative estimate of drug-likeness (QED) is 0.907. The largest absolute Gasteiger partial charge is 0.363 e. The van der Waals surface area contributed by atoms with Gasteiger partial charge in [-0.1, -0.05) is 36.4 Å². The van der Waals surface area contributed by atoms with Crippen LogP contribution in [0.25, 0.3) is 0 Å². The number of benzene rings is 2. The summed E-state index contributed by atoms with van der Waals surface area (Å²) in [7, 11) is 0. The van der Waals surface area contributed by atoms with Crippen LogP contribution in [0.2, 0.25) is 0 Å². The Morgan fingerprint density at radius 1 is 1.15 bits per heavy atom. The number of hydrogen-bond acceptors (Lipinski definition) is 2. The van der Waals surface area contributed by atoms with Crippen LogP contribution >= 0.6 is 0 Å². The normalized spacial score (nSPS) is 17.4. The first-order chi connectivity index (χ1) is 9.75. The fourth-order valence-corrected chi connectivity index (χ4v) is 2.64. The smallest absolute Gasteiger partial charge is 0.258 e. The minimum absolute atomic E-state index is 0.105. The molecule has 0 radical (unpaired) electrons. The molecule has 1 unspecified atom stereocenters. The highest BCUT2D eigenvalue weighted by molar-refractivity contribution is 5.95. The summed E-state index contributed by atoms with van der Waals surface area (Å²) in [4.78, 5) is 12.4. The number of para-hydroxylation sites is 1. The Morgan fingerprint density at radius 3 is 2.75 bits per heavy atom. The van der Waals surface area contributed by atoms with Crippen molar-refractivity contribution >= 4 is 11.6 Å². The maximum absolute atomic E-state index is 12.4. The molecule has 0 saturated heterocycles. The molecule has 0 spiro atoms. The predicted octanol–water partition coefficient (Wildman–Crippen LogP) is 3.25. The maximum atomic E-state index is 12.4. The predicted molar refractivity (Wildman–Crippen MR) is 78.6 cm³/mol. The molecule has 1 atom stereocenters. The van der Waals surface area contributed by atoms with Gasteiger partial charge in [0.2, 0.25) is 0 Å². The molecule has 20 heavy (non-hydrogen) atoms. The Labute approximate surface area is 118 Å². The van der Waals surface area contributed by atoms with Crippen LogP contribution in [0.4, 0.5) is 5.69 Å². The van der Waals surface area contributed by atoms with Crippen molar-refractivity contribution in [3.63, 3.8) is 0 Å². The second-order valence-corrected chi connectivity index (χ2v) is 5.00. The van der Waals surface area contributed by atoms with E-state index in [0.29, 0.717) is 6.61 Å². The molecule has 3 heteroatoms. The van der Waals surface area contributed by atoms with E-state index < -0.39 is 6.10 Å². The third-order valence-corrected chi connectivity index (χ3v) is 3.61. The average Bonchev–Trinajstić information content (AvgIpc) is 2.48. The first-order valence-electron chi connectivity index (χ1n) is 6.81. The summed E-state index contributed by atoms with van der Waals surface area (Å²) in [5.41, 5.74) is 4.13. The van der Waals surface area contributed by atoms with Crippen molar-refractivity contribution in [1.29, 1.82) is 0 Å². The Bertz CT molecular complexity index is 622. The van der Waals surface area contributed by atoms with Crippen molar-refractivity contribution in [2.75, 3.05) is 11.9 Å². The number of nitrogens with one attached hydrogen (secondary N) is 1. The lowest BCUT2D eigenvalue weighted by molar-refractivity contribution is -0.128. The Balaban J connectivity index is 1.87. The van der Waals surface area contributed by atoms with Crippen molar-refractivity contribution in [1.82, 2.24) is 0 Å². The SMILES string of the molecule is Cc1cccc2c1C(C(=O)Nc1ccccc1)OCC2. The summed E-state index contributed by atoms with van der Waals surface area (Å²) in [6.07, 6.45) is 0.353. The van der Waals surface area contributed by atoms with Gasteiger partial charge in [0, 0.05) is 5.69 Å². The van der Waals surface area contributed by atoms with Gasteiger partial charge in [-0.3, -0.25) is 4.79 Å². The summed E-state index contributed by atoms with van der Waals surface area (Å²) in [6, 6.07) is 15.6. The number of amides is 1. The molecular formula is C17H17NO2. The highest BCUT2D eigenvalue weighted by atomic mass is 16.5. The molecule has 0 aliphatic carbocycles. The molecule has 2 aromatic carbocycles. The first kappa shape index (κ1) is 12.9. The standard InChI is InChI=1S/C17H17NO2/c1-12-6-5-7-13-10-11-20-16(15(12)13)17(19)18-14-8-3-2-4-9-14/h2-9,16H,10-11H2,1H3,(H,18,19). The molecule has 3 nitrogen and oxygen atoms in total. The fraction of sp³-hybridized carbons (Fsp3) is 0.235. The van der Waals surface area contributed by atoms with Crippen LogP contribution in [0, 0.1) is 6.92 Å². The van der Waals surface area contributed by atoms with Crippen molar-refractivity contribution < 1.29 is 9.53 Å². The summed E-state index contributed by atoms with van der Waals surface area (Å²) in [6.45, 7) is 2.61. The van der Waals surface area contributed by atoms with Crippen molar-refractivity contribution in [2.24, 2.45) is 0 Å². The second kappa shape index (κ2) is 5.47. The molecule has 0 saturated carbocycles. The molecule has 1 N–H and O–H groups in total. The number of carbonyl (C=O) groups is 1. The monoisotopic (exact) mass is 267 g/mol. The number of rotatable bonds is 2. The van der Waals surface area contributed by atoms with Gasteiger partial charge in [0.05, 0.1) is 6.61 Å². The highest BCUT2D eigenvalue weighted by Gasteiger charge is 2.28. The van der Waals surface area contributed by atoms with Crippen LogP contribution in [-0.4, -0.2) is 12.5 Å². The van der Waals surface area contributed by atoms with Gasteiger partial charge >= 0.3 is 0 Å². The van der Waals surface area contributed by atoms with E-state index in [9.17, 15) is 4.79 Å². The Kier molecular flexibility index (Phi) is 3.52. The van der Waals surface area contributed by atoms with E-state index in [-0.39, 0.29) is 5.91 Å². The van der Waals surface area contributed by atoms with E-state index in [1.54, 1.807) is 0 Å². The van der Waals surface area contributed by atoms with Gasteiger partial charge in [-0.2, -0.15) is 0 Å². The van der Waals surface area contributed by atoms with E-state index in [1.807, 2.05) is 49.4 Å². The summed E-state index contributed by atoms with van der Waals surface area (Å²) in [5.74, 6) is -0.105. The fourth-order valence-electron chi connectivity index (χ4n) is 2.64. The van der Waals surface area contributed by atoms with E-state index >= 15 is 0 Å². The van der Waals surface area contributed by atoms with Gasteiger partial charge in [-0.15, -0.1) is 0 Å². The third-order valence-electron chi connectivity index (χ3n) is 3.61. The molecule has 1 aliphatic heterocycles. The van der Waals surface area contributed by atoms with E-state index in [4.69, 9.17) is 4.74 Å². The molecule has 0 bridgehead atoms. The van der Waals surface area contributed by atoms with Crippen LogP contribution in [0.3, 0.4) is 0 Å². The lowest BCUT2D eigenvalue weighted by Gasteiger charge is -2.26. The minimum atomic E-state index is -0.514. The van der Waals surface area contributed by atoms with Gasteiger partial charge in [0.1, 0.15) is 0 Å². The zero-order valence-corrected chi connectivity index (χ0v) is 11.4. The summed E-state index contributed by atoms with van der Waals surface area (Å²) >= 11 is 0. The number of fused-ring (bicyclic) bond motifs is 1. The molecule has 0 fully saturated rings. The lowest BCUT2D eigenvalue weighted by atomic mass is 9.93. The Morgan fingerprint density at radius 2 is 1.95 bits per heavy atom. The molecule has 1 amide bonds. The number of aryl methyl sites for hydroxylation is 1. The van der Waals surface area contributed by atoms with Gasteiger partial charge < -0.3 is 10.1 Å². The van der Waals surface area contributed by atoms with Gasteiger partial charge in [0.15, 0.2) is 6.10 Å². The number of anilines is 1. The van der Waals surface area contributed by atoms with Gasteiger partial charge in [0.25, 0.3) is 5.91 Å². The summed E-state index contributed by atoms with van der Waals surface area (Å²) in [5, 5.41) is 2.92.